The molecule has 2 nitrogen and oxygen atoms in total. The summed E-state index contributed by atoms with van der Waals surface area (Å²) in [6.45, 7) is 6.95. The molecule has 0 aliphatic carbocycles. The molecular weight excluding hydrogens is 625 g/mol. The third-order valence-electron chi connectivity index (χ3n) is 9.78. The van der Waals surface area contributed by atoms with E-state index in [1.807, 2.05) is 0 Å². The Hall–Kier alpha value is -5.77. The maximum Gasteiger partial charge on any atom is 0.195 e. The lowest BCUT2D eigenvalue weighted by Crippen LogP contribution is -2.12. The lowest BCUT2D eigenvalue weighted by atomic mass is 9.81. The van der Waals surface area contributed by atoms with Gasteiger partial charge in [-0.15, -0.1) is 0 Å². The minimum Gasteiger partial charge on any atom is -0.283 e. The minimum atomic E-state index is -0.0549. The molecule has 0 amide bonds. The molecule has 9 aromatic rings. The van der Waals surface area contributed by atoms with Gasteiger partial charge in [0.15, 0.2) is 4.96 Å². The summed E-state index contributed by atoms with van der Waals surface area (Å²) >= 11 is 1.79. The second-order valence-corrected chi connectivity index (χ2v) is 15.0. The molecule has 240 valence electrons. The molecule has 7 aromatic carbocycles. The summed E-state index contributed by atoms with van der Waals surface area (Å²) in [5.74, 6) is 0. The molecule has 0 aliphatic heterocycles. The average molecular weight is 661 g/mol. The van der Waals surface area contributed by atoms with E-state index in [1.54, 1.807) is 11.3 Å². The molecule has 50 heavy (non-hydrogen) atoms. The van der Waals surface area contributed by atoms with Crippen LogP contribution in [0.1, 0.15) is 26.3 Å². The van der Waals surface area contributed by atoms with Gasteiger partial charge in [-0.3, -0.25) is 4.40 Å². The monoisotopic (exact) mass is 660 g/mol. The standard InChI is InChI=1S/C47H36N2S/c1-47(2,3)40-26-27-43-45(50-46-48-41-24-13-14-25-42(41)49(43)46)44(40)35-23-15-22-34(28-35)39-30-37(32-18-9-5-10-19-32)36(31-16-7-4-8-17-31)29-38(39)33-20-11-6-12-21-33/h4-30H,1-3H3. The molecule has 0 radical (unpaired) electrons. The fourth-order valence-corrected chi connectivity index (χ4v) is 8.62. The Morgan fingerprint density at radius 1 is 0.460 bits per heavy atom. The number of para-hydroxylation sites is 2. The zero-order chi connectivity index (χ0) is 33.8. The Kier molecular flexibility index (Phi) is 7.26. The van der Waals surface area contributed by atoms with Crippen molar-refractivity contribution in [1.29, 1.82) is 0 Å². The van der Waals surface area contributed by atoms with Crippen molar-refractivity contribution >= 4 is 37.5 Å². The van der Waals surface area contributed by atoms with Crippen LogP contribution in [0.3, 0.4) is 0 Å². The Balaban J connectivity index is 1.32. The van der Waals surface area contributed by atoms with E-state index in [1.165, 1.54) is 71.4 Å². The molecule has 0 bridgehead atoms. The number of benzene rings is 7. The highest BCUT2D eigenvalue weighted by molar-refractivity contribution is 7.24. The predicted octanol–water partition coefficient (Wildman–Crippen LogP) is 13.3. The van der Waals surface area contributed by atoms with Gasteiger partial charge in [0.1, 0.15) is 0 Å². The van der Waals surface area contributed by atoms with Crippen molar-refractivity contribution in [2.24, 2.45) is 0 Å². The Bertz CT molecular complexity index is 2660. The van der Waals surface area contributed by atoms with Crippen LogP contribution in [-0.4, -0.2) is 9.38 Å². The number of aromatic nitrogens is 2. The molecule has 3 heteroatoms. The van der Waals surface area contributed by atoms with E-state index in [0.29, 0.717) is 0 Å². The van der Waals surface area contributed by atoms with Crippen LogP contribution >= 0.6 is 11.3 Å². The van der Waals surface area contributed by atoms with Gasteiger partial charge in [0.25, 0.3) is 0 Å². The number of rotatable bonds is 5. The summed E-state index contributed by atoms with van der Waals surface area (Å²) < 4.78 is 3.60. The zero-order valence-electron chi connectivity index (χ0n) is 28.4. The third-order valence-corrected chi connectivity index (χ3v) is 10.9. The largest absolute Gasteiger partial charge is 0.283 e. The SMILES string of the molecule is CC(C)(C)c1ccc2c(sc3nc4ccccc4n32)c1-c1cccc(-c2cc(-c3ccccc3)c(-c3ccccc3)cc2-c2ccccc2)c1. The van der Waals surface area contributed by atoms with E-state index in [4.69, 9.17) is 4.98 Å². The van der Waals surface area contributed by atoms with Crippen molar-refractivity contribution in [3.63, 3.8) is 0 Å². The first kappa shape index (κ1) is 30.3. The number of hydrogen-bond donors (Lipinski definition) is 0. The lowest BCUT2D eigenvalue weighted by molar-refractivity contribution is 0.593. The molecule has 0 spiro atoms. The van der Waals surface area contributed by atoms with Gasteiger partial charge in [-0.2, -0.15) is 0 Å². The molecule has 0 saturated heterocycles. The number of imidazole rings is 1. The Labute approximate surface area is 297 Å². The van der Waals surface area contributed by atoms with Crippen molar-refractivity contribution in [1.82, 2.24) is 9.38 Å². The van der Waals surface area contributed by atoms with Gasteiger partial charge in [-0.1, -0.05) is 160 Å². The van der Waals surface area contributed by atoms with Gasteiger partial charge in [0.2, 0.25) is 0 Å². The van der Waals surface area contributed by atoms with Gasteiger partial charge in [0.05, 0.1) is 21.3 Å². The molecule has 0 unspecified atom stereocenters. The number of hydrogen-bond acceptors (Lipinski definition) is 2. The molecule has 0 fully saturated rings. The van der Waals surface area contributed by atoms with E-state index < -0.39 is 0 Å². The van der Waals surface area contributed by atoms with E-state index in [9.17, 15) is 0 Å². The number of nitrogens with zero attached hydrogens (tertiary/aromatic N) is 2. The predicted molar refractivity (Wildman–Crippen MR) is 214 cm³/mol. The summed E-state index contributed by atoms with van der Waals surface area (Å²) in [7, 11) is 0. The van der Waals surface area contributed by atoms with Crippen LogP contribution in [-0.2, 0) is 5.41 Å². The van der Waals surface area contributed by atoms with Crippen molar-refractivity contribution in [3.05, 3.63) is 169 Å². The van der Waals surface area contributed by atoms with E-state index in [0.717, 1.165) is 16.0 Å². The molecule has 0 N–H and O–H groups in total. The van der Waals surface area contributed by atoms with Gasteiger partial charge in [-0.05, 0) is 97.4 Å². The highest BCUT2D eigenvalue weighted by atomic mass is 32.1. The molecular formula is C47H36N2S. The van der Waals surface area contributed by atoms with Crippen LogP contribution < -0.4 is 0 Å². The third kappa shape index (κ3) is 5.14. The van der Waals surface area contributed by atoms with Crippen LogP contribution in [0.4, 0.5) is 0 Å². The van der Waals surface area contributed by atoms with E-state index >= 15 is 0 Å². The van der Waals surface area contributed by atoms with Gasteiger partial charge >= 0.3 is 0 Å². The van der Waals surface area contributed by atoms with Crippen molar-refractivity contribution in [2.75, 3.05) is 0 Å². The van der Waals surface area contributed by atoms with E-state index in [-0.39, 0.29) is 5.41 Å². The zero-order valence-corrected chi connectivity index (χ0v) is 29.2. The van der Waals surface area contributed by atoms with E-state index in [2.05, 4.69) is 189 Å². The molecule has 0 saturated carbocycles. The molecule has 2 aromatic heterocycles. The van der Waals surface area contributed by atoms with Crippen molar-refractivity contribution in [2.45, 2.75) is 26.2 Å². The minimum absolute atomic E-state index is 0.0549. The summed E-state index contributed by atoms with van der Waals surface area (Å²) in [5.41, 5.74) is 16.9. The van der Waals surface area contributed by atoms with Crippen molar-refractivity contribution < 1.29 is 0 Å². The van der Waals surface area contributed by atoms with Gasteiger partial charge in [0, 0.05) is 5.56 Å². The Morgan fingerprint density at radius 3 is 1.54 bits per heavy atom. The maximum absolute atomic E-state index is 5.04. The van der Waals surface area contributed by atoms with Crippen molar-refractivity contribution in [3.8, 4) is 55.6 Å². The number of thiazole rings is 1. The summed E-state index contributed by atoms with van der Waals surface area (Å²) in [6.07, 6.45) is 0. The molecule has 2 heterocycles. The molecule has 0 atom stereocenters. The highest BCUT2D eigenvalue weighted by Gasteiger charge is 2.25. The first-order valence-corrected chi connectivity index (χ1v) is 18.0. The average Bonchev–Trinajstić information content (AvgIpc) is 3.71. The molecule has 9 rings (SSSR count). The van der Waals surface area contributed by atoms with Crippen LogP contribution in [0.15, 0.2) is 164 Å². The van der Waals surface area contributed by atoms with Crippen LogP contribution in [0, 0.1) is 0 Å². The highest BCUT2D eigenvalue weighted by Crippen LogP contribution is 2.46. The Morgan fingerprint density at radius 2 is 0.960 bits per heavy atom. The maximum atomic E-state index is 5.04. The van der Waals surface area contributed by atoms with Gasteiger partial charge in [-0.25, -0.2) is 4.98 Å². The quantitative estimate of drug-likeness (QED) is 0.180. The lowest BCUT2D eigenvalue weighted by Gasteiger charge is -2.24. The van der Waals surface area contributed by atoms with Crippen LogP contribution in [0.2, 0.25) is 0 Å². The summed E-state index contributed by atoms with van der Waals surface area (Å²) in [4.78, 5) is 6.07. The van der Waals surface area contributed by atoms with Gasteiger partial charge < -0.3 is 0 Å². The fraction of sp³-hybridized carbons (Fsp3) is 0.0851. The summed E-state index contributed by atoms with van der Waals surface area (Å²) in [5, 5.41) is 0. The van der Waals surface area contributed by atoms with Crippen LogP contribution in [0.5, 0.6) is 0 Å². The molecule has 0 aliphatic rings. The van der Waals surface area contributed by atoms with Crippen LogP contribution in [0.25, 0.3) is 81.8 Å². The smallest absolute Gasteiger partial charge is 0.195 e. The number of fused-ring (bicyclic) bond motifs is 5. The fourth-order valence-electron chi connectivity index (χ4n) is 7.41. The first-order chi connectivity index (χ1) is 24.4. The summed E-state index contributed by atoms with van der Waals surface area (Å²) in [6, 6.07) is 59.5. The first-order valence-electron chi connectivity index (χ1n) is 17.2. The topological polar surface area (TPSA) is 17.3 Å². The normalized spacial score (nSPS) is 11.9. The second kappa shape index (κ2) is 12.0. The second-order valence-electron chi connectivity index (χ2n) is 14.0.